The van der Waals surface area contributed by atoms with E-state index < -0.39 is 0 Å². The summed E-state index contributed by atoms with van der Waals surface area (Å²) in [5, 5.41) is 2.63. The molecule has 2 amide bonds. The predicted octanol–water partition coefficient (Wildman–Crippen LogP) is 3.15. The van der Waals surface area contributed by atoms with Crippen LogP contribution in [0.2, 0.25) is 0 Å². The Hall–Kier alpha value is -2.67. The molecule has 0 bridgehead atoms. The van der Waals surface area contributed by atoms with Gasteiger partial charge in [-0.25, -0.2) is 0 Å². The molecule has 128 valence electrons. The summed E-state index contributed by atoms with van der Waals surface area (Å²) in [5.41, 5.74) is 2.45. The topological polar surface area (TPSA) is 67.9 Å². The third kappa shape index (κ3) is 3.02. The summed E-state index contributed by atoms with van der Waals surface area (Å²) in [5.74, 6) is 1.66. The Labute approximate surface area is 149 Å². The van der Waals surface area contributed by atoms with E-state index in [-0.39, 0.29) is 24.0 Å². The summed E-state index contributed by atoms with van der Waals surface area (Å²) in [6.07, 6.45) is 0. The molecule has 1 N–H and O–H groups in total. The van der Waals surface area contributed by atoms with E-state index in [1.54, 1.807) is 16.7 Å². The van der Waals surface area contributed by atoms with Crippen LogP contribution in [0.5, 0.6) is 11.5 Å². The Morgan fingerprint density at radius 2 is 2.04 bits per heavy atom. The quantitative estimate of drug-likeness (QED) is 0.915. The highest BCUT2D eigenvalue weighted by Gasteiger charge is 2.35. The monoisotopic (exact) mass is 356 g/mol. The normalized spacial score (nSPS) is 18.5. The van der Waals surface area contributed by atoms with Crippen molar-refractivity contribution < 1.29 is 19.1 Å². The number of carbonyl (C=O) groups is 2. The molecule has 2 aliphatic heterocycles. The first kappa shape index (κ1) is 15.8. The summed E-state index contributed by atoms with van der Waals surface area (Å²) in [6.45, 7) is 1.67. The van der Waals surface area contributed by atoms with Gasteiger partial charge in [0, 0.05) is 24.4 Å². The molecule has 1 saturated heterocycles. The number of nitrogens with zero attached hydrogens (tertiary/aromatic N) is 1. The predicted molar refractivity (Wildman–Crippen MR) is 96.0 cm³/mol. The van der Waals surface area contributed by atoms with Crippen molar-refractivity contribution in [3.05, 3.63) is 48.0 Å². The Bertz CT molecular complexity index is 855. The minimum atomic E-state index is -0.151. The lowest BCUT2D eigenvalue weighted by molar-refractivity contribution is -0.116. The molecule has 2 aromatic rings. The van der Waals surface area contributed by atoms with Crippen LogP contribution in [0.25, 0.3) is 0 Å². The van der Waals surface area contributed by atoms with Gasteiger partial charge >= 0.3 is 0 Å². The van der Waals surface area contributed by atoms with Crippen LogP contribution < -0.4 is 19.7 Å². The molecular formula is C18H16N2O4S. The lowest BCUT2D eigenvalue weighted by Crippen LogP contribution is -2.27. The first-order valence-electron chi connectivity index (χ1n) is 7.83. The Morgan fingerprint density at radius 3 is 2.88 bits per heavy atom. The number of fused-ring (bicyclic) bond motifs is 1. The zero-order chi connectivity index (χ0) is 17.4. The molecule has 0 radical (unpaired) electrons. The summed E-state index contributed by atoms with van der Waals surface area (Å²) >= 11 is 1.56. The van der Waals surface area contributed by atoms with Crippen LogP contribution in [0.1, 0.15) is 17.9 Å². The van der Waals surface area contributed by atoms with E-state index in [0.717, 1.165) is 16.9 Å². The lowest BCUT2D eigenvalue weighted by Gasteiger charge is -2.25. The average Bonchev–Trinajstić information content (AvgIpc) is 3.20. The second-order valence-corrected chi connectivity index (χ2v) is 6.84. The maximum Gasteiger partial charge on any atom is 0.238 e. The van der Waals surface area contributed by atoms with Crippen LogP contribution >= 0.6 is 11.8 Å². The number of rotatable bonds is 3. The van der Waals surface area contributed by atoms with Gasteiger partial charge in [0.1, 0.15) is 5.37 Å². The Kier molecular flexibility index (Phi) is 4.01. The fourth-order valence-electron chi connectivity index (χ4n) is 2.96. The van der Waals surface area contributed by atoms with Gasteiger partial charge in [-0.05, 0) is 29.8 Å². The largest absolute Gasteiger partial charge is 0.454 e. The van der Waals surface area contributed by atoms with E-state index >= 15 is 0 Å². The summed E-state index contributed by atoms with van der Waals surface area (Å²) in [4.78, 5) is 25.5. The van der Waals surface area contributed by atoms with Crippen molar-refractivity contribution in [2.75, 3.05) is 22.8 Å². The first-order chi connectivity index (χ1) is 12.1. The molecule has 4 rings (SSSR count). The van der Waals surface area contributed by atoms with Crippen molar-refractivity contribution in [3.63, 3.8) is 0 Å². The number of anilines is 2. The van der Waals surface area contributed by atoms with Crippen molar-refractivity contribution in [2.45, 2.75) is 12.3 Å². The van der Waals surface area contributed by atoms with Gasteiger partial charge in [-0.1, -0.05) is 12.1 Å². The number of hydrogen-bond donors (Lipinski definition) is 1. The van der Waals surface area contributed by atoms with E-state index in [4.69, 9.17) is 9.47 Å². The molecular weight excluding hydrogens is 340 g/mol. The number of carbonyl (C=O) groups excluding carboxylic acids is 2. The average molecular weight is 356 g/mol. The van der Waals surface area contributed by atoms with Gasteiger partial charge in [0.2, 0.25) is 18.6 Å². The SMILES string of the molecule is CC(=O)Nc1cccc(C2SCC(=O)N2c2ccc3c(c2)OCO3)c1. The van der Waals surface area contributed by atoms with Crippen molar-refractivity contribution >= 4 is 35.0 Å². The molecule has 0 spiro atoms. The first-order valence-corrected chi connectivity index (χ1v) is 8.87. The fourth-order valence-corrected chi connectivity index (χ4v) is 4.13. The minimum absolute atomic E-state index is 0.0406. The van der Waals surface area contributed by atoms with Crippen molar-refractivity contribution in [2.24, 2.45) is 0 Å². The molecule has 1 fully saturated rings. The number of hydrogen-bond acceptors (Lipinski definition) is 5. The molecule has 7 heteroatoms. The number of benzene rings is 2. The Morgan fingerprint density at radius 1 is 1.20 bits per heavy atom. The van der Waals surface area contributed by atoms with Crippen LogP contribution in [0.15, 0.2) is 42.5 Å². The van der Waals surface area contributed by atoms with Crippen molar-refractivity contribution in [1.29, 1.82) is 0 Å². The molecule has 2 aromatic carbocycles. The molecule has 0 saturated carbocycles. The van der Waals surface area contributed by atoms with Gasteiger partial charge < -0.3 is 14.8 Å². The van der Waals surface area contributed by atoms with Crippen molar-refractivity contribution in [1.82, 2.24) is 0 Å². The zero-order valence-corrected chi connectivity index (χ0v) is 14.3. The Balaban J connectivity index is 1.67. The van der Waals surface area contributed by atoms with Gasteiger partial charge in [0.05, 0.1) is 5.75 Å². The van der Waals surface area contributed by atoms with Gasteiger partial charge in [-0.3, -0.25) is 14.5 Å². The van der Waals surface area contributed by atoms with Crippen molar-refractivity contribution in [3.8, 4) is 11.5 Å². The highest BCUT2D eigenvalue weighted by molar-refractivity contribution is 8.00. The number of ether oxygens (including phenoxy) is 2. The highest BCUT2D eigenvalue weighted by Crippen LogP contribution is 2.44. The van der Waals surface area contributed by atoms with Gasteiger partial charge in [0.25, 0.3) is 0 Å². The molecule has 1 unspecified atom stereocenters. The van der Waals surface area contributed by atoms with E-state index in [1.807, 2.05) is 42.5 Å². The van der Waals surface area contributed by atoms with Gasteiger partial charge in [-0.2, -0.15) is 0 Å². The van der Waals surface area contributed by atoms with E-state index in [1.165, 1.54) is 6.92 Å². The smallest absolute Gasteiger partial charge is 0.238 e. The molecule has 1 atom stereocenters. The third-order valence-corrected chi connectivity index (χ3v) is 5.21. The van der Waals surface area contributed by atoms with Crippen LogP contribution in [0.3, 0.4) is 0 Å². The van der Waals surface area contributed by atoms with Crippen LogP contribution in [-0.4, -0.2) is 24.4 Å². The van der Waals surface area contributed by atoms with Gasteiger partial charge in [0.15, 0.2) is 11.5 Å². The molecule has 25 heavy (non-hydrogen) atoms. The number of nitrogens with one attached hydrogen (secondary N) is 1. The highest BCUT2D eigenvalue weighted by atomic mass is 32.2. The fraction of sp³-hybridized carbons (Fsp3) is 0.222. The second kappa shape index (κ2) is 6.33. The summed E-state index contributed by atoms with van der Waals surface area (Å²) in [6, 6.07) is 13.1. The summed E-state index contributed by atoms with van der Waals surface area (Å²) < 4.78 is 10.8. The maximum absolute atomic E-state index is 12.5. The standard InChI is InChI=1S/C18H16N2O4S/c1-11(21)19-13-4-2-3-12(7-13)18-20(17(22)9-25-18)14-5-6-15-16(8-14)24-10-23-15/h2-8,18H,9-10H2,1H3,(H,19,21). The third-order valence-electron chi connectivity index (χ3n) is 3.99. The lowest BCUT2D eigenvalue weighted by atomic mass is 10.1. The van der Waals surface area contributed by atoms with E-state index in [9.17, 15) is 9.59 Å². The van der Waals surface area contributed by atoms with Crippen LogP contribution in [0, 0.1) is 0 Å². The molecule has 2 aliphatic rings. The number of amides is 2. The molecule has 0 aliphatic carbocycles. The number of thioether (sulfide) groups is 1. The van der Waals surface area contributed by atoms with Crippen LogP contribution in [-0.2, 0) is 9.59 Å². The minimum Gasteiger partial charge on any atom is -0.454 e. The maximum atomic E-state index is 12.5. The molecule has 0 aromatic heterocycles. The van der Waals surface area contributed by atoms with Crippen LogP contribution in [0.4, 0.5) is 11.4 Å². The molecule has 6 nitrogen and oxygen atoms in total. The second-order valence-electron chi connectivity index (χ2n) is 5.77. The van der Waals surface area contributed by atoms with E-state index in [2.05, 4.69) is 5.32 Å². The van der Waals surface area contributed by atoms with Gasteiger partial charge in [-0.15, -0.1) is 11.8 Å². The summed E-state index contributed by atoms with van der Waals surface area (Å²) in [7, 11) is 0. The zero-order valence-electron chi connectivity index (χ0n) is 13.5. The van der Waals surface area contributed by atoms with E-state index in [0.29, 0.717) is 17.3 Å². The molecule has 2 heterocycles.